The van der Waals surface area contributed by atoms with E-state index in [2.05, 4.69) is 10.3 Å². The predicted molar refractivity (Wildman–Crippen MR) is 66.5 cm³/mol. The average molecular weight is 257 g/mol. The van der Waals surface area contributed by atoms with Gasteiger partial charge in [0.25, 0.3) is 0 Å². The Morgan fingerprint density at radius 2 is 2.05 bits per heavy atom. The van der Waals surface area contributed by atoms with E-state index in [-0.39, 0.29) is 6.54 Å². The highest BCUT2D eigenvalue weighted by atomic mass is 16.5. The molecule has 0 saturated carbocycles. The van der Waals surface area contributed by atoms with Crippen molar-refractivity contribution in [3.8, 4) is 11.5 Å². The highest BCUT2D eigenvalue weighted by molar-refractivity contribution is 5.51. The van der Waals surface area contributed by atoms with E-state index in [9.17, 15) is 4.79 Å². The number of aryl methyl sites for hydroxylation is 1. The minimum Gasteiger partial charge on any atom is -0.388 e. The van der Waals surface area contributed by atoms with Crippen LogP contribution in [0.25, 0.3) is 11.5 Å². The molecule has 0 aliphatic carbocycles. The predicted octanol–water partition coefficient (Wildman–Crippen LogP) is 1.85. The van der Waals surface area contributed by atoms with Crippen LogP contribution in [0.3, 0.4) is 0 Å². The van der Waals surface area contributed by atoms with Crippen LogP contribution in [0.1, 0.15) is 11.5 Å². The molecule has 0 saturated heterocycles. The summed E-state index contributed by atoms with van der Waals surface area (Å²) in [6.07, 6.45) is 0. The third kappa shape index (κ3) is 2.33. The summed E-state index contributed by atoms with van der Waals surface area (Å²) in [5.41, 5.74) is 1.39. The monoisotopic (exact) mass is 257 g/mol. The van der Waals surface area contributed by atoms with Crippen molar-refractivity contribution in [2.24, 2.45) is 0 Å². The normalized spacial score (nSPS) is 10.8. The van der Waals surface area contributed by atoms with Crippen molar-refractivity contribution in [3.63, 3.8) is 0 Å². The summed E-state index contributed by atoms with van der Waals surface area (Å²) in [4.78, 5) is 11.7. The smallest absolute Gasteiger partial charge is 0.388 e. The minimum atomic E-state index is -0.514. The number of hydrogen-bond donors (Lipinski definition) is 0. The number of hydrogen-bond acceptors (Lipinski definition) is 5. The Morgan fingerprint density at radius 1 is 1.26 bits per heavy atom. The van der Waals surface area contributed by atoms with Gasteiger partial charge in [0.2, 0.25) is 5.89 Å². The Balaban J connectivity index is 1.92. The van der Waals surface area contributed by atoms with E-state index in [0.717, 1.165) is 5.56 Å². The molecule has 0 radical (unpaired) electrons. The van der Waals surface area contributed by atoms with Crippen LogP contribution in [0.2, 0.25) is 0 Å². The number of aromatic nitrogens is 3. The molecule has 0 unspecified atom stereocenters. The number of benzene rings is 1. The standard InChI is InChI=1S/C13H11N3O3/c1-9-7-11(15-19-9)8-16-13(17)18-12(14-16)10-5-3-2-4-6-10/h2-7H,8H2,1H3. The van der Waals surface area contributed by atoms with Crippen LogP contribution in [-0.2, 0) is 6.54 Å². The molecule has 0 fully saturated rings. The van der Waals surface area contributed by atoms with E-state index in [1.54, 1.807) is 13.0 Å². The number of rotatable bonds is 3. The lowest BCUT2D eigenvalue weighted by atomic mass is 10.2. The summed E-state index contributed by atoms with van der Waals surface area (Å²) < 4.78 is 11.3. The molecule has 0 atom stereocenters. The summed E-state index contributed by atoms with van der Waals surface area (Å²) in [6.45, 7) is 2.02. The highest BCUT2D eigenvalue weighted by Gasteiger charge is 2.11. The van der Waals surface area contributed by atoms with E-state index < -0.39 is 5.76 Å². The molecule has 2 aromatic heterocycles. The zero-order valence-electron chi connectivity index (χ0n) is 10.2. The molecule has 19 heavy (non-hydrogen) atoms. The zero-order chi connectivity index (χ0) is 13.2. The molecule has 3 rings (SSSR count). The topological polar surface area (TPSA) is 74.1 Å². The lowest BCUT2D eigenvalue weighted by Gasteiger charge is -1.93. The summed E-state index contributed by atoms with van der Waals surface area (Å²) in [5.74, 6) is 0.472. The Morgan fingerprint density at radius 3 is 2.74 bits per heavy atom. The fourth-order valence-corrected chi connectivity index (χ4v) is 1.75. The van der Waals surface area contributed by atoms with E-state index in [1.807, 2.05) is 30.3 Å². The molecule has 6 nitrogen and oxygen atoms in total. The largest absolute Gasteiger partial charge is 0.437 e. The van der Waals surface area contributed by atoms with Crippen molar-refractivity contribution in [2.45, 2.75) is 13.5 Å². The average Bonchev–Trinajstić information content (AvgIpc) is 2.98. The third-order valence-electron chi connectivity index (χ3n) is 2.62. The van der Waals surface area contributed by atoms with Gasteiger partial charge >= 0.3 is 5.76 Å². The van der Waals surface area contributed by atoms with Crippen LogP contribution < -0.4 is 5.76 Å². The molecular formula is C13H11N3O3. The Labute approximate surface area is 108 Å². The third-order valence-corrected chi connectivity index (χ3v) is 2.62. The van der Waals surface area contributed by atoms with Crippen molar-refractivity contribution in [1.82, 2.24) is 14.9 Å². The molecule has 0 spiro atoms. The zero-order valence-corrected chi connectivity index (χ0v) is 10.2. The Hall–Kier alpha value is -2.63. The first-order valence-electron chi connectivity index (χ1n) is 5.78. The molecule has 96 valence electrons. The molecule has 0 bridgehead atoms. The van der Waals surface area contributed by atoms with E-state index >= 15 is 0 Å². The highest BCUT2D eigenvalue weighted by Crippen LogP contribution is 2.14. The van der Waals surface area contributed by atoms with Crippen LogP contribution in [0, 0.1) is 6.92 Å². The first kappa shape index (κ1) is 11.5. The first-order valence-corrected chi connectivity index (χ1v) is 5.78. The van der Waals surface area contributed by atoms with Gasteiger partial charge in [-0.25, -0.2) is 4.79 Å². The van der Waals surface area contributed by atoms with Crippen LogP contribution in [0.5, 0.6) is 0 Å². The van der Waals surface area contributed by atoms with Crippen molar-refractivity contribution < 1.29 is 8.94 Å². The van der Waals surface area contributed by atoms with Gasteiger partial charge < -0.3 is 8.94 Å². The van der Waals surface area contributed by atoms with E-state index in [4.69, 9.17) is 8.94 Å². The van der Waals surface area contributed by atoms with Gasteiger partial charge in [-0.1, -0.05) is 23.4 Å². The Kier molecular flexibility index (Phi) is 2.75. The van der Waals surface area contributed by atoms with Gasteiger partial charge in [-0.05, 0) is 19.1 Å². The quantitative estimate of drug-likeness (QED) is 0.715. The second-order valence-electron chi connectivity index (χ2n) is 4.13. The van der Waals surface area contributed by atoms with Gasteiger partial charge in [-0.3, -0.25) is 0 Å². The van der Waals surface area contributed by atoms with Gasteiger partial charge in [-0.15, -0.1) is 5.10 Å². The van der Waals surface area contributed by atoms with Crippen LogP contribution in [-0.4, -0.2) is 14.9 Å². The molecule has 0 aliphatic rings. The van der Waals surface area contributed by atoms with Crippen LogP contribution in [0.15, 0.2) is 50.1 Å². The van der Waals surface area contributed by atoms with Gasteiger partial charge in [0.1, 0.15) is 11.5 Å². The fourth-order valence-electron chi connectivity index (χ4n) is 1.75. The van der Waals surface area contributed by atoms with E-state index in [0.29, 0.717) is 17.3 Å². The van der Waals surface area contributed by atoms with Gasteiger partial charge in [0.05, 0.1) is 6.54 Å². The van der Waals surface area contributed by atoms with Gasteiger partial charge in [-0.2, -0.15) is 4.68 Å². The molecule has 0 N–H and O–H groups in total. The van der Waals surface area contributed by atoms with Gasteiger partial charge in [0, 0.05) is 11.6 Å². The maximum absolute atomic E-state index is 11.7. The summed E-state index contributed by atoms with van der Waals surface area (Å²) >= 11 is 0. The summed E-state index contributed by atoms with van der Waals surface area (Å²) in [6, 6.07) is 11.0. The fraction of sp³-hybridized carbons (Fsp3) is 0.154. The van der Waals surface area contributed by atoms with Crippen molar-refractivity contribution >= 4 is 0 Å². The maximum Gasteiger partial charge on any atom is 0.437 e. The molecular weight excluding hydrogens is 246 g/mol. The Bertz CT molecular complexity index is 740. The van der Waals surface area contributed by atoms with Crippen molar-refractivity contribution in [3.05, 3.63) is 58.4 Å². The second kappa shape index (κ2) is 4.56. The van der Waals surface area contributed by atoms with Crippen LogP contribution >= 0.6 is 0 Å². The lowest BCUT2D eigenvalue weighted by molar-refractivity contribution is 0.386. The van der Waals surface area contributed by atoms with Gasteiger partial charge in [0.15, 0.2) is 0 Å². The molecule has 1 aromatic carbocycles. The summed E-state index contributed by atoms with van der Waals surface area (Å²) in [5, 5.41) is 7.96. The molecule has 3 aromatic rings. The molecule has 2 heterocycles. The van der Waals surface area contributed by atoms with Crippen LogP contribution in [0.4, 0.5) is 0 Å². The SMILES string of the molecule is Cc1cc(Cn2nc(-c3ccccc3)oc2=O)no1. The van der Waals surface area contributed by atoms with E-state index in [1.165, 1.54) is 4.68 Å². The van der Waals surface area contributed by atoms with Crippen molar-refractivity contribution in [2.75, 3.05) is 0 Å². The maximum atomic E-state index is 11.7. The molecule has 0 amide bonds. The summed E-state index contributed by atoms with van der Waals surface area (Å²) in [7, 11) is 0. The van der Waals surface area contributed by atoms with Crippen molar-refractivity contribution in [1.29, 1.82) is 0 Å². The minimum absolute atomic E-state index is 0.229. The first-order chi connectivity index (χ1) is 9.22. The molecule has 6 heteroatoms. The lowest BCUT2D eigenvalue weighted by Crippen LogP contribution is -2.16. The second-order valence-corrected chi connectivity index (χ2v) is 4.13. The molecule has 0 aliphatic heterocycles. The number of nitrogens with zero attached hydrogens (tertiary/aromatic N) is 3.